The number of benzene rings is 1. The lowest BCUT2D eigenvalue weighted by Gasteiger charge is -2.28. The molecule has 1 aliphatic rings. The van der Waals surface area contributed by atoms with E-state index in [2.05, 4.69) is 31.2 Å². The second kappa shape index (κ2) is 6.20. The van der Waals surface area contributed by atoms with E-state index in [0.29, 0.717) is 0 Å². The van der Waals surface area contributed by atoms with Crippen molar-refractivity contribution in [3.8, 4) is 0 Å². The standard InChI is InChI=1S/C16H24O/c1-2-6-15(17)12-11-14-7-3-4-10-16(14)13-8-5-9-13/h3-4,7,10,13,15,17H,2,5-6,8-9,11-12H2,1H3. The molecule has 1 N–H and O–H groups in total. The number of hydrogen-bond acceptors (Lipinski definition) is 1. The van der Waals surface area contributed by atoms with E-state index < -0.39 is 0 Å². The first-order chi connectivity index (χ1) is 8.31. The Morgan fingerprint density at radius 3 is 2.65 bits per heavy atom. The Balaban J connectivity index is 1.95. The lowest BCUT2D eigenvalue weighted by Crippen LogP contribution is -2.13. The van der Waals surface area contributed by atoms with Crippen molar-refractivity contribution in [1.82, 2.24) is 0 Å². The van der Waals surface area contributed by atoms with Gasteiger partial charge in [0.25, 0.3) is 0 Å². The summed E-state index contributed by atoms with van der Waals surface area (Å²) in [4.78, 5) is 0. The summed E-state index contributed by atoms with van der Waals surface area (Å²) in [5.41, 5.74) is 3.01. The zero-order valence-corrected chi connectivity index (χ0v) is 10.9. The predicted molar refractivity (Wildman–Crippen MR) is 72.3 cm³/mol. The SMILES string of the molecule is CCCC(O)CCc1ccccc1C1CCC1. The van der Waals surface area contributed by atoms with Gasteiger partial charge >= 0.3 is 0 Å². The van der Waals surface area contributed by atoms with Gasteiger partial charge < -0.3 is 5.11 Å². The minimum absolute atomic E-state index is 0.116. The van der Waals surface area contributed by atoms with Gasteiger partial charge in [-0.25, -0.2) is 0 Å². The van der Waals surface area contributed by atoms with E-state index in [1.165, 1.54) is 24.8 Å². The maximum Gasteiger partial charge on any atom is 0.0543 e. The lowest BCUT2D eigenvalue weighted by atomic mass is 9.77. The molecule has 0 bridgehead atoms. The van der Waals surface area contributed by atoms with Crippen LogP contribution in [0, 0.1) is 0 Å². The summed E-state index contributed by atoms with van der Waals surface area (Å²) < 4.78 is 0. The molecule has 2 rings (SSSR count). The molecule has 1 aliphatic carbocycles. The van der Waals surface area contributed by atoms with Crippen molar-refractivity contribution in [2.75, 3.05) is 0 Å². The van der Waals surface area contributed by atoms with Crippen LogP contribution in [-0.2, 0) is 6.42 Å². The Kier molecular flexibility index (Phi) is 4.61. The summed E-state index contributed by atoms with van der Waals surface area (Å²) in [7, 11) is 0. The molecule has 1 saturated carbocycles. The molecule has 1 nitrogen and oxygen atoms in total. The first-order valence-electron chi connectivity index (χ1n) is 7.07. The van der Waals surface area contributed by atoms with Crippen LogP contribution in [0.25, 0.3) is 0 Å². The van der Waals surface area contributed by atoms with Crippen molar-refractivity contribution in [1.29, 1.82) is 0 Å². The van der Waals surface area contributed by atoms with Crippen LogP contribution in [0.3, 0.4) is 0 Å². The summed E-state index contributed by atoms with van der Waals surface area (Å²) in [6.07, 6.45) is 7.94. The summed E-state index contributed by atoms with van der Waals surface area (Å²) in [5, 5.41) is 9.81. The van der Waals surface area contributed by atoms with Crippen LogP contribution >= 0.6 is 0 Å². The molecule has 1 aromatic rings. The van der Waals surface area contributed by atoms with E-state index in [1.807, 2.05) is 0 Å². The Morgan fingerprint density at radius 1 is 1.24 bits per heavy atom. The van der Waals surface area contributed by atoms with E-state index >= 15 is 0 Å². The molecule has 17 heavy (non-hydrogen) atoms. The maximum absolute atomic E-state index is 9.81. The molecule has 1 atom stereocenters. The van der Waals surface area contributed by atoms with Gasteiger partial charge in [0, 0.05) is 0 Å². The Hall–Kier alpha value is -0.820. The minimum atomic E-state index is -0.116. The molecule has 0 radical (unpaired) electrons. The number of aliphatic hydroxyl groups excluding tert-OH is 1. The zero-order valence-electron chi connectivity index (χ0n) is 10.9. The van der Waals surface area contributed by atoms with E-state index in [0.717, 1.165) is 31.6 Å². The van der Waals surface area contributed by atoms with Gasteiger partial charge in [0.15, 0.2) is 0 Å². The van der Waals surface area contributed by atoms with Gasteiger partial charge in [-0.15, -0.1) is 0 Å². The molecule has 0 aliphatic heterocycles. The third kappa shape index (κ3) is 3.32. The monoisotopic (exact) mass is 232 g/mol. The Morgan fingerprint density at radius 2 is 2.00 bits per heavy atom. The van der Waals surface area contributed by atoms with Gasteiger partial charge in [0.05, 0.1) is 6.10 Å². The highest BCUT2D eigenvalue weighted by Gasteiger charge is 2.21. The summed E-state index contributed by atoms with van der Waals surface area (Å²) in [5.74, 6) is 0.800. The van der Waals surface area contributed by atoms with Gasteiger partial charge in [0.2, 0.25) is 0 Å². The normalized spacial score (nSPS) is 17.8. The number of hydrogen-bond donors (Lipinski definition) is 1. The Labute approximate surface area is 105 Å². The van der Waals surface area contributed by atoms with Gasteiger partial charge in [0.1, 0.15) is 0 Å². The van der Waals surface area contributed by atoms with E-state index in [4.69, 9.17) is 0 Å². The van der Waals surface area contributed by atoms with Crippen molar-refractivity contribution in [3.63, 3.8) is 0 Å². The zero-order chi connectivity index (χ0) is 12.1. The molecule has 0 heterocycles. The van der Waals surface area contributed by atoms with Crippen LogP contribution in [0.5, 0.6) is 0 Å². The van der Waals surface area contributed by atoms with Gasteiger partial charge in [-0.1, -0.05) is 44.0 Å². The first kappa shape index (κ1) is 12.6. The van der Waals surface area contributed by atoms with E-state index in [1.54, 1.807) is 5.56 Å². The number of aliphatic hydroxyl groups is 1. The average molecular weight is 232 g/mol. The molecule has 1 unspecified atom stereocenters. The molecule has 0 spiro atoms. The Bertz CT molecular complexity index is 341. The van der Waals surface area contributed by atoms with E-state index in [-0.39, 0.29) is 6.10 Å². The van der Waals surface area contributed by atoms with Crippen molar-refractivity contribution in [2.24, 2.45) is 0 Å². The van der Waals surface area contributed by atoms with E-state index in [9.17, 15) is 5.11 Å². The first-order valence-corrected chi connectivity index (χ1v) is 7.07. The van der Waals surface area contributed by atoms with Crippen LogP contribution in [0.2, 0.25) is 0 Å². The second-order valence-corrected chi connectivity index (χ2v) is 5.31. The van der Waals surface area contributed by atoms with Crippen molar-refractivity contribution < 1.29 is 5.11 Å². The molecular weight excluding hydrogens is 208 g/mol. The number of rotatable bonds is 6. The predicted octanol–water partition coefficient (Wildman–Crippen LogP) is 4.05. The molecule has 94 valence electrons. The molecule has 1 fully saturated rings. The van der Waals surface area contributed by atoms with Gasteiger partial charge in [-0.05, 0) is 49.1 Å². The smallest absolute Gasteiger partial charge is 0.0543 e. The minimum Gasteiger partial charge on any atom is -0.393 e. The van der Waals surface area contributed by atoms with Gasteiger partial charge in [-0.3, -0.25) is 0 Å². The molecule has 0 saturated heterocycles. The lowest BCUT2D eigenvalue weighted by molar-refractivity contribution is 0.154. The molecule has 1 aromatic carbocycles. The fourth-order valence-electron chi connectivity index (χ4n) is 2.68. The highest BCUT2D eigenvalue weighted by molar-refractivity contribution is 5.31. The quantitative estimate of drug-likeness (QED) is 0.784. The van der Waals surface area contributed by atoms with Crippen LogP contribution in [0.1, 0.15) is 62.5 Å². The third-order valence-electron chi connectivity index (χ3n) is 3.97. The summed E-state index contributed by atoms with van der Waals surface area (Å²) in [6.45, 7) is 2.13. The van der Waals surface area contributed by atoms with Gasteiger partial charge in [-0.2, -0.15) is 0 Å². The van der Waals surface area contributed by atoms with Crippen LogP contribution < -0.4 is 0 Å². The highest BCUT2D eigenvalue weighted by atomic mass is 16.3. The average Bonchev–Trinajstić information content (AvgIpc) is 2.26. The molecule has 0 aromatic heterocycles. The van der Waals surface area contributed by atoms with Crippen LogP contribution in [0.4, 0.5) is 0 Å². The molecular formula is C16H24O. The maximum atomic E-state index is 9.81. The molecule has 1 heteroatoms. The third-order valence-corrected chi connectivity index (χ3v) is 3.97. The van der Waals surface area contributed by atoms with Crippen LogP contribution in [0.15, 0.2) is 24.3 Å². The largest absolute Gasteiger partial charge is 0.393 e. The fourth-order valence-corrected chi connectivity index (χ4v) is 2.68. The highest BCUT2D eigenvalue weighted by Crippen LogP contribution is 2.38. The molecule has 0 amide bonds. The number of aryl methyl sites for hydroxylation is 1. The summed E-state index contributed by atoms with van der Waals surface area (Å²) in [6, 6.07) is 8.81. The van der Waals surface area contributed by atoms with Crippen molar-refractivity contribution in [2.45, 2.75) is 63.9 Å². The van der Waals surface area contributed by atoms with Crippen molar-refractivity contribution in [3.05, 3.63) is 35.4 Å². The summed E-state index contributed by atoms with van der Waals surface area (Å²) >= 11 is 0. The fraction of sp³-hybridized carbons (Fsp3) is 0.625. The topological polar surface area (TPSA) is 20.2 Å². The van der Waals surface area contributed by atoms with Crippen molar-refractivity contribution >= 4 is 0 Å². The second-order valence-electron chi connectivity index (χ2n) is 5.31. The van der Waals surface area contributed by atoms with Crippen LogP contribution in [-0.4, -0.2) is 11.2 Å².